The molecule has 40 heavy (non-hydrogen) atoms. The fourth-order valence-corrected chi connectivity index (χ4v) is 6.87. The van der Waals surface area contributed by atoms with E-state index in [1.807, 2.05) is 21.4 Å². The molecule has 12 heteroatoms. The largest absolute Gasteiger partial charge is 0.469 e. The van der Waals surface area contributed by atoms with Crippen LogP contribution in [0.3, 0.4) is 0 Å². The van der Waals surface area contributed by atoms with Crippen LogP contribution in [0.2, 0.25) is 0 Å². The minimum Gasteiger partial charge on any atom is -0.469 e. The highest BCUT2D eigenvalue weighted by Gasteiger charge is 2.38. The summed E-state index contributed by atoms with van der Waals surface area (Å²) < 4.78 is 61.4. The zero-order chi connectivity index (χ0) is 29.2. The fraction of sp³-hybridized carbons (Fsp3) is 0.286. The first-order valence-corrected chi connectivity index (χ1v) is 16.1. The van der Waals surface area contributed by atoms with E-state index in [1.54, 1.807) is 67.6 Å². The lowest BCUT2D eigenvalue weighted by Gasteiger charge is -2.25. The number of hydrogen-bond acceptors (Lipinski definition) is 9. The maximum atomic E-state index is 14.0. The van der Waals surface area contributed by atoms with E-state index in [9.17, 15) is 22.6 Å². The van der Waals surface area contributed by atoms with Gasteiger partial charge < -0.3 is 13.8 Å². The van der Waals surface area contributed by atoms with Gasteiger partial charge in [0.15, 0.2) is 5.52 Å². The minimum absolute atomic E-state index is 0.0644. The third-order valence-corrected chi connectivity index (χ3v) is 9.53. The van der Waals surface area contributed by atoms with Crippen molar-refractivity contribution >= 4 is 38.4 Å². The number of esters is 1. The standard InChI is InChI=1S/C28H32O9P2S/c1-21-13-15-25(16-14-21)40(32,33)37-26(28(30)38)17-24(27(29)34-2)20-39(31,35-18-22-9-5-3-6-10-22)36-19-23-11-7-4-8-12-23/h3-16,24,26H,17-20,38H2,1-2H3/t24-,26+/m0/s1. The smallest absolute Gasteiger partial charge is 0.332 e. The average molecular weight is 607 g/mol. The van der Waals surface area contributed by atoms with Gasteiger partial charge in [-0.2, -0.15) is 8.42 Å². The van der Waals surface area contributed by atoms with Gasteiger partial charge in [-0.1, -0.05) is 87.6 Å². The molecule has 0 bridgehead atoms. The zero-order valence-corrected chi connectivity index (χ0v) is 25.0. The van der Waals surface area contributed by atoms with Gasteiger partial charge in [-0.25, -0.2) is 0 Å². The zero-order valence-electron chi connectivity index (χ0n) is 22.2. The minimum atomic E-state index is -4.35. The van der Waals surface area contributed by atoms with E-state index in [-0.39, 0.29) is 18.1 Å². The van der Waals surface area contributed by atoms with Crippen LogP contribution in [0.4, 0.5) is 0 Å². The van der Waals surface area contributed by atoms with Gasteiger partial charge in [-0.15, -0.1) is 0 Å². The first-order valence-electron chi connectivity index (χ1n) is 12.3. The summed E-state index contributed by atoms with van der Waals surface area (Å²) in [4.78, 5) is 25.1. The van der Waals surface area contributed by atoms with E-state index < -0.39 is 53.8 Å². The van der Waals surface area contributed by atoms with Crippen LogP contribution in [0.15, 0.2) is 89.8 Å². The first kappa shape index (κ1) is 31.8. The summed E-state index contributed by atoms with van der Waals surface area (Å²) in [5, 5.41) is 0. The summed E-state index contributed by atoms with van der Waals surface area (Å²) in [6.07, 6.45) is -2.48. The van der Waals surface area contributed by atoms with E-state index in [1.165, 1.54) is 12.1 Å². The molecule has 0 aliphatic carbocycles. The Morgan fingerprint density at radius 2 is 1.35 bits per heavy atom. The molecule has 0 aliphatic rings. The monoisotopic (exact) mass is 606 g/mol. The molecular weight excluding hydrogens is 574 g/mol. The van der Waals surface area contributed by atoms with Crippen molar-refractivity contribution in [3.63, 3.8) is 0 Å². The molecule has 3 aromatic rings. The van der Waals surface area contributed by atoms with Gasteiger partial charge in [-0.05, 0) is 36.6 Å². The number of carbonyl (C=O) groups is 2. The second kappa shape index (κ2) is 14.8. The van der Waals surface area contributed by atoms with E-state index >= 15 is 0 Å². The Bertz CT molecular complexity index is 1370. The summed E-state index contributed by atoms with van der Waals surface area (Å²) in [5.41, 5.74) is 1.58. The normalized spacial score (nSPS) is 13.4. The number of carbonyl (C=O) groups excluding carboxylic acids is 2. The van der Waals surface area contributed by atoms with Crippen LogP contribution in [-0.4, -0.2) is 39.3 Å². The topological polar surface area (TPSA) is 122 Å². The van der Waals surface area contributed by atoms with Crippen molar-refractivity contribution in [1.29, 1.82) is 0 Å². The molecule has 0 N–H and O–H groups in total. The molecule has 0 radical (unpaired) electrons. The number of hydrogen-bond donors (Lipinski definition) is 0. The van der Waals surface area contributed by atoms with Gasteiger partial charge in [0.25, 0.3) is 10.1 Å². The van der Waals surface area contributed by atoms with Crippen LogP contribution in [0, 0.1) is 12.8 Å². The highest BCUT2D eigenvalue weighted by atomic mass is 32.2. The molecule has 0 saturated carbocycles. The van der Waals surface area contributed by atoms with Gasteiger partial charge >= 0.3 is 13.6 Å². The van der Waals surface area contributed by atoms with Crippen LogP contribution >= 0.6 is 16.8 Å². The predicted octanol–water partition coefficient (Wildman–Crippen LogP) is 5.28. The highest BCUT2D eigenvalue weighted by Crippen LogP contribution is 2.52. The lowest BCUT2D eigenvalue weighted by atomic mass is 10.0. The van der Waals surface area contributed by atoms with Crippen molar-refractivity contribution in [2.45, 2.75) is 37.6 Å². The van der Waals surface area contributed by atoms with E-state index in [0.29, 0.717) is 0 Å². The summed E-state index contributed by atoms with van der Waals surface area (Å²) in [6, 6.07) is 23.9. The fourth-order valence-electron chi connectivity index (χ4n) is 3.69. The molecule has 3 aromatic carbocycles. The van der Waals surface area contributed by atoms with Crippen molar-refractivity contribution in [3.8, 4) is 0 Å². The van der Waals surface area contributed by atoms with Crippen LogP contribution in [0.1, 0.15) is 23.1 Å². The number of methoxy groups -OCH3 is 1. The molecule has 3 rings (SSSR count). The van der Waals surface area contributed by atoms with Gasteiger partial charge in [0.1, 0.15) is 6.10 Å². The molecule has 0 saturated heterocycles. The van der Waals surface area contributed by atoms with Gasteiger partial charge in [-0.3, -0.25) is 18.3 Å². The van der Waals surface area contributed by atoms with Gasteiger partial charge in [0.2, 0.25) is 0 Å². The Hall–Kier alpha value is -2.71. The molecule has 3 atom stereocenters. The summed E-state index contributed by atoms with van der Waals surface area (Å²) in [5.74, 6) is -2.07. The molecule has 0 aliphatic heterocycles. The predicted molar refractivity (Wildman–Crippen MR) is 153 cm³/mol. The Morgan fingerprint density at radius 3 is 1.80 bits per heavy atom. The maximum Gasteiger partial charge on any atom is 0.332 e. The molecular formula is C28H32O9P2S. The molecule has 214 valence electrons. The highest BCUT2D eigenvalue weighted by molar-refractivity contribution is 7.86. The Balaban J connectivity index is 1.84. The third kappa shape index (κ3) is 9.73. The van der Waals surface area contributed by atoms with Crippen molar-refractivity contribution in [1.82, 2.24) is 0 Å². The average Bonchev–Trinajstić information content (AvgIpc) is 2.95. The molecule has 1 unspecified atom stereocenters. The molecule has 0 aromatic heterocycles. The van der Waals surface area contributed by atoms with Crippen molar-refractivity contribution in [2.24, 2.45) is 5.92 Å². The maximum absolute atomic E-state index is 14.0. The second-order valence-electron chi connectivity index (χ2n) is 9.02. The van der Waals surface area contributed by atoms with Crippen LogP contribution in [0.25, 0.3) is 0 Å². The Morgan fingerprint density at radius 1 is 0.850 bits per heavy atom. The lowest BCUT2D eigenvalue weighted by Crippen LogP contribution is -2.32. The van der Waals surface area contributed by atoms with E-state index in [4.69, 9.17) is 18.0 Å². The second-order valence-corrected chi connectivity index (χ2v) is 13.3. The first-order chi connectivity index (χ1) is 19.0. The summed E-state index contributed by atoms with van der Waals surface area (Å²) in [6.45, 7) is 1.67. The van der Waals surface area contributed by atoms with E-state index in [0.717, 1.165) is 23.8 Å². The van der Waals surface area contributed by atoms with Gasteiger partial charge in [0.05, 0.1) is 37.3 Å². The number of ether oxygens (including phenoxy) is 1. The molecule has 0 spiro atoms. The third-order valence-electron chi connectivity index (χ3n) is 5.89. The van der Waals surface area contributed by atoms with Crippen LogP contribution in [0.5, 0.6) is 0 Å². The van der Waals surface area contributed by atoms with Gasteiger partial charge in [0, 0.05) is 0 Å². The van der Waals surface area contributed by atoms with E-state index in [2.05, 4.69) is 0 Å². The molecule has 9 nitrogen and oxygen atoms in total. The van der Waals surface area contributed by atoms with Crippen LogP contribution in [-0.2, 0) is 55.5 Å². The van der Waals surface area contributed by atoms with Crippen molar-refractivity contribution in [2.75, 3.05) is 13.3 Å². The molecule has 0 amide bonds. The van der Waals surface area contributed by atoms with Crippen molar-refractivity contribution < 1.29 is 40.5 Å². The Kier molecular flexibility index (Phi) is 11.8. The molecule has 0 fully saturated rings. The quantitative estimate of drug-likeness (QED) is 0.129. The molecule has 0 heterocycles. The number of benzene rings is 3. The van der Waals surface area contributed by atoms with Crippen molar-refractivity contribution in [3.05, 3.63) is 102 Å². The van der Waals surface area contributed by atoms with Crippen LogP contribution < -0.4 is 0 Å². The number of aryl methyl sites for hydroxylation is 1. The lowest BCUT2D eigenvalue weighted by molar-refractivity contribution is -0.145. The SMILES string of the molecule is COC(=O)[C@@H](C[C@@H](OS(=O)(=O)c1ccc(C)cc1)C(=O)P)CP(=O)(OCc1ccccc1)OCc1ccccc1. The summed E-state index contributed by atoms with van der Waals surface area (Å²) in [7, 11) is -5.34. The number of rotatable bonds is 15. The summed E-state index contributed by atoms with van der Waals surface area (Å²) >= 11 is 0. The Labute approximate surface area is 237 Å².